The van der Waals surface area contributed by atoms with Gasteiger partial charge >= 0.3 is 0 Å². The predicted molar refractivity (Wildman–Crippen MR) is 79.4 cm³/mol. The first-order valence-electron chi connectivity index (χ1n) is 7.05. The summed E-state index contributed by atoms with van der Waals surface area (Å²) in [6, 6.07) is 2.63. The number of nitrogens with zero attached hydrogens (tertiary/aromatic N) is 3. The Hall–Kier alpha value is -1.36. The van der Waals surface area contributed by atoms with Gasteiger partial charge in [-0.05, 0) is 26.7 Å². The molecular formula is C14H25N5. The Morgan fingerprint density at radius 3 is 2.68 bits per heavy atom. The number of aromatic nitrogens is 2. The van der Waals surface area contributed by atoms with Gasteiger partial charge in [-0.25, -0.2) is 9.97 Å². The molecule has 106 valence electrons. The van der Waals surface area contributed by atoms with E-state index in [0.717, 1.165) is 11.6 Å². The third kappa shape index (κ3) is 3.56. The minimum atomic E-state index is -0.155. The Balaban J connectivity index is 2.10. The van der Waals surface area contributed by atoms with Crippen LogP contribution in [0.5, 0.6) is 0 Å². The van der Waals surface area contributed by atoms with E-state index >= 15 is 0 Å². The van der Waals surface area contributed by atoms with Crippen LogP contribution in [0.15, 0.2) is 12.4 Å². The highest BCUT2D eigenvalue weighted by molar-refractivity contribution is 5.49. The second kappa shape index (κ2) is 5.74. The van der Waals surface area contributed by atoms with E-state index in [-0.39, 0.29) is 5.54 Å². The van der Waals surface area contributed by atoms with Gasteiger partial charge in [0.05, 0.1) is 0 Å². The summed E-state index contributed by atoms with van der Waals surface area (Å²) in [7, 11) is 2.12. The van der Waals surface area contributed by atoms with Crippen molar-refractivity contribution in [3.63, 3.8) is 0 Å². The molecule has 2 rings (SSSR count). The summed E-state index contributed by atoms with van der Waals surface area (Å²) in [5.74, 6) is 1.82. The number of nitrogens with two attached hydrogens (primary N) is 1. The highest BCUT2D eigenvalue weighted by Crippen LogP contribution is 2.26. The van der Waals surface area contributed by atoms with Crippen molar-refractivity contribution in [1.29, 1.82) is 0 Å². The first-order valence-corrected chi connectivity index (χ1v) is 7.05. The SMILES string of the molecule is CN(c1cc(NC(C)(C)CN)ncn1)C1CCCC1. The van der Waals surface area contributed by atoms with Crippen LogP contribution in [-0.2, 0) is 0 Å². The van der Waals surface area contributed by atoms with Gasteiger partial charge < -0.3 is 16.0 Å². The van der Waals surface area contributed by atoms with Crippen molar-refractivity contribution in [2.45, 2.75) is 51.1 Å². The third-order valence-corrected chi connectivity index (χ3v) is 3.86. The van der Waals surface area contributed by atoms with E-state index < -0.39 is 0 Å². The van der Waals surface area contributed by atoms with Crippen LogP contribution in [0.25, 0.3) is 0 Å². The van der Waals surface area contributed by atoms with Crippen LogP contribution < -0.4 is 16.0 Å². The maximum Gasteiger partial charge on any atom is 0.134 e. The average molecular weight is 263 g/mol. The summed E-state index contributed by atoms with van der Waals surface area (Å²) in [4.78, 5) is 10.9. The summed E-state index contributed by atoms with van der Waals surface area (Å²) in [6.07, 6.45) is 6.79. The fourth-order valence-electron chi connectivity index (χ4n) is 2.48. The van der Waals surface area contributed by atoms with E-state index in [0.29, 0.717) is 12.6 Å². The van der Waals surface area contributed by atoms with E-state index in [1.807, 2.05) is 6.07 Å². The van der Waals surface area contributed by atoms with Crippen LogP contribution in [0.2, 0.25) is 0 Å². The molecule has 0 bridgehead atoms. The number of hydrogen-bond donors (Lipinski definition) is 2. The predicted octanol–water partition coefficient (Wildman–Crippen LogP) is 2.00. The summed E-state index contributed by atoms with van der Waals surface area (Å²) in [5.41, 5.74) is 5.58. The van der Waals surface area contributed by atoms with Crippen LogP contribution in [0, 0.1) is 0 Å². The monoisotopic (exact) mass is 263 g/mol. The van der Waals surface area contributed by atoms with Crippen LogP contribution in [0.3, 0.4) is 0 Å². The first kappa shape index (κ1) is 14.1. The Labute approximate surface area is 115 Å². The van der Waals surface area contributed by atoms with Crippen LogP contribution in [0.1, 0.15) is 39.5 Å². The molecule has 5 heteroatoms. The van der Waals surface area contributed by atoms with Gasteiger partial charge in [-0.3, -0.25) is 0 Å². The topological polar surface area (TPSA) is 67.1 Å². The lowest BCUT2D eigenvalue weighted by atomic mass is 10.1. The van der Waals surface area contributed by atoms with Crippen molar-refractivity contribution in [2.24, 2.45) is 5.73 Å². The van der Waals surface area contributed by atoms with Crippen LogP contribution >= 0.6 is 0 Å². The zero-order chi connectivity index (χ0) is 13.9. The summed E-state index contributed by atoms with van der Waals surface area (Å²) in [5, 5.41) is 3.35. The second-order valence-corrected chi connectivity index (χ2v) is 6.02. The Bertz CT molecular complexity index is 412. The fraction of sp³-hybridized carbons (Fsp3) is 0.714. The lowest BCUT2D eigenvalue weighted by molar-refractivity contribution is 0.576. The summed E-state index contributed by atoms with van der Waals surface area (Å²) >= 11 is 0. The summed E-state index contributed by atoms with van der Waals surface area (Å²) < 4.78 is 0. The van der Waals surface area contributed by atoms with Crippen molar-refractivity contribution < 1.29 is 0 Å². The molecule has 0 aliphatic heterocycles. The normalized spacial score (nSPS) is 16.6. The van der Waals surface area contributed by atoms with E-state index in [9.17, 15) is 0 Å². The number of hydrogen-bond acceptors (Lipinski definition) is 5. The maximum absolute atomic E-state index is 5.74. The van der Waals surface area contributed by atoms with Crippen molar-refractivity contribution in [3.8, 4) is 0 Å². The zero-order valence-corrected chi connectivity index (χ0v) is 12.2. The Kier molecular flexibility index (Phi) is 4.24. The Morgan fingerprint density at radius 1 is 1.37 bits per heavy atom. The van der Waals surface area contributed by atoms with Gasteiger partial charge in [0.2, 0.25) is 0 Å². The lowest BCUT2D eigenvalue weighted by Gasteiger charge is -2.27. The van der Waals surface area contributed by atoms with Gasteiger partial charge in [0, 0.05) is 31.2 Å². The maximum atomic E-state index is 5.74. The van der Waals surface area contributed by atoms with Gasteiger partial charge in [-0.2, -0.15) is 0 Å². The molecule has 1 fully saturated rings. The van der Waals surface area contributed by atoms with Crippen molar-refractivity contribution >= 4 is 11.6 Å². The molecule has 1 aromatic rings. The van der Waals surface area contributed by atoms with E-state index in [2.05, 4.69) is 41.1 Å². The molecule has 0 amide bonds. The molecule has 19 heavy (non-hydrogen) atoms. The molecule has 0 unspecified atom stereocenters. The highest BCUT2D eigenvalue weighted by Gasteiger charge is 2.21. The zero-order valence-electron chi connectivity index (χ0n) is 12.2. The Morgan fingerprint density at radius 2 is 2.05 bits per heavy atom. The molecule has 1 aliphatic carbocycles. The summed E-state index contributed by atoms with van der Waals surface area (Å²) in [6.45, 7) is 4.69. The molecule has 0 spiro atoms. The van der Waals surface area contributed by atoms with E-state index in [1.165, 1.54) is 25.7 Å². The van der Waals surface area contributed by atoms with Crippen molar-refractivity contribution in [2.75, 3.05) is 23.8 Å². The van der Waals surface area contributed by atoms with Gasteiger partial charge in [0.15, 0.2) is 0 Å². The molecule has 0 saturated heterocycles. The third-order valence-electron chi connectivity index (χ3n) is 3.86. The smallest absolute Gasteiger partial charge is 0.134 e. The average Bonchev–Trinajstić information content (AvgIpc) is 2.91. The van der Waals surface area contributed by atoms with E-state index in [4.69, 9.17) is 5.73 Å². The van der Waals surface area contributed by atoms with Gasteiger partial charge in [-0.1, -0.05) is 12.8 Å². The minimum absolute atomic E-state index is 0.155. The van der Waals surface area contributed by atoms with Gasteiger partial charge in [-0.15, -0.1) is 0 Å². The molecule has 1 heterocycles. The molecule has 0 aromatic carbocycles. The van der Waals surface area contributed by atoms with Crippen LogP contribution in [-0.4, -0.2) is 35.1 Å². The largest absolute Gasteiger partial charge is 0.364 e. The number of anilines is 2. The second-order valence-electron chi connectivity index (χ2n) is 6.02. The van der Waals surface area contributed by atoms with Crippen LogP contribution in [0.4, 0.5) is 11.6 Å². The fourth-order valence-corrected chi connectivity index (χ4v) is 2.48. The highest BCUT2D eigenvalue weighted by atomic mass is 15.2. The number of nitrogens with one attached hydrogen (secondary N) is 1. The standard InChI is InChI=1S/C14H25N5/c1-14(2,9-15)18-12-8-13(17-10-16-12)19(3)11-6-4-5-7-11/h8,10-11H,4-7,9,15H2,1-3H3,(H,16,17,18). The lowest BCUT2D eigenvalue weighted by Crippen LogP contribution is -2.39. The molecule has 0 radical (unpaired) electrons. The van der Waals surface area contributed by atoms with Gasteiger partial charge in [0.25, 0.3) is 0 Å². The molecule has 0 atom stereocenters. The molecule has 1 aliphatic rings. The molecule has 3 N–H and O–H groups in total. The quantitative estimate of drug-likeness (QED) is 0.850. The minimum Gasteiger partial charge on any atom is -0.364 e. The molecule has 1 aromatic heterocycles. The first-order chi connectivity index (χ1) is 9.02. The van der Waals surface area contributed by atoms with E-state index in [1.54, 1.807) is 6.33 Å². The molecule has 5 nitrogen and oxygen atoms in total. The van der Waals surface area contributed by atoms with Crippen molar-refractivity contribution in [1.82, 2.24) is 9.97 Å². The number of rotatable bonds is 5. The molecular weight excluding hydrogens is 238 g/mol. The van der Waals surface area contributed by atoms with Gasteiger partial charge in [0.1, 0.15) is 18.0 Å². The molecule has 1 saturated carbocycles. The van der Waals surface area contributed by atoms with Crippen molar-refractivity contribution in [3.05, 3.63) is 12.4 Å².